The van der Waals surface area contributed by atoms with E-state index in [1.54, 1.807) is 0 Å². The number of anilines is 1. The Hall–Kier alpha value is -1.73. The molecule has 0 spiro atoms. The molecule has 0 aliphatic carbocycles. The Balaban J connectivity index is 1.70. The van der Waals surface area contributed by atoms with Gasteiger partial charge in [-0.3, -0.25) is 15.1 Å². The van der Waals surface area contributed by atoms with Gasteiger partial charge in [0.1, 0.15) is 11.9 Å². The van der Waals surface area contributed by atoms with Crippen molar-refractivity contribution < 1.29 is 14.0 Å². The van der Waals surface area contributed by atoms with Gasteiger partial charge in [-0.25, -0.2) is 4.39 Å². The number of benzene rings is 1. The van der Waals surface area contributed by atoms with Crippen molar-refractivity contribution in [2.24, 2.45) is 0 Å². The molecule has 2 aliphatic rings. The standard InChI is InChI=1S/C16H20FN3O2S/c1-11(21)18-10-13-9-15(19-22-13)12-2-3-16(14(17)8-12)20-4-6-23-7-5-20/h2-3,8-9,13,19H,4-7,10H2,1H3,(H,18,21). The Morgan fingerprint density at radius 2 is 2.26 bits per heavy atom. The van der Waals surface area contributed by atoms with Crippen LogP contribution in [0.3, 0.4) is 0 Å². The molecule has 2 aliphatic heterocycles. The average molecular weight is 337 g/mol. The summed E-state index contributed by atoms with van der Waals surface area (Å²) in [6, 6.07) is 5.24. The number of halogens is 1. The molecule has 1 unspecified atom stereocenters. The van der Waals surface area contributed by atoms with Crippen molar-refractivity contribution in [2.75, 3.05) is 36.0 Å². The molecule has 0 saturated carbocycles. The van der Waals surface area contributed by atoms with Gasteiger partial charge in [-0.15, -0.1) is 0 Å². The molecule has 0 aromatic heterocycles. The Bertz CT molecular complexity index is 617. The van der Waals surface area contributed by atoms with Crippen LogP contribution in [0.25, 0.3) is 5.70 Å². The molecule has 7 heteroatoms. The lowest BCUT2D eigenvalue weighted by molar-refractivity contribution is -0.119. The number of carbonyl (C=O) groups excluding carboxylic acids is 1. The average Bonchev–Trinajstić information content (AvgIpc) is 3.02. The number of nitrogens with one attached hydrogen (secondary N) is 2. The molecule has 5 nitrogen and oxygen atoms in total. The first-order valence-electron chi connectivity index (χ1n) is 7.64. The van der Waals surface area contributed by atoms with Crippen molar-refractivity contribution >= 4 is 29.1 Å². The highest BCUT2D eigenvalue weighted by atomic mass is 32.2. The van der Waals surface area contributed by atoms with E-state index in [2.05, 4.69) is 15.7 Å². The van der Waals surface area contributed by atoms with Gasteiger partial charge in [0.05, 0.1) is 17.9 Å². The second kappa shape index (κ2) is 7.23. The number of nitrogens with zero attached hydrogens (tertiary/aromatic N) is 1. The van der Waals surface area contributed by atoms with E-state index in [1.807, 2.05) is 30.0 Å². The van der Waals surface area contributed by atoms with Crippen LogP contribution in [0.5, 0.6) is 0 Å². The van der Waals surface area contributed by atoms with Crippen LogP contribution in [0.2, 0.25) is 0 Å². The molecule has 0 bridgehead atoms. The molecule has 3 rings (SSSR count). The molecule has 2 heterocycles. The lowest BCUT2D eigenvalue weighted by Crippen LogP contribution is -2.33. The van der Waals surface area contributed by atoms with Crippen LogP contribution in [0.1, 0.15) is 12.5 Å². The Morgan fingerprint density at radius 1 is 1.48 bits per heavy atom. The minimum absolute atomic E-state index is 0.106. The molecule has 1 aromatic rings. The molecule has 1 amide bonds. The van der Waals surface area contributed by atoms with Gasteiger partial charge in [0.2, 0.25) is 5.91 Å². The molecule has 1 saturated heterocycles. The van der Waals surface area contributed by atoms with Crippen LogP contribution in [0.15, 0.2) is 24.3 Å². The lowest BCUT2D eigenvalue weighted by atomic mass is 10.1. The summed E-state index contributed by atoms with van der Waals surface area (Å²) in [7, 11) is 0. The fourth-order valence-electron chi connectivity index (χ4n) is 2.63. The monoisotopic (exact) mass is 337 g/mol. The maximum Gasteiger partial charge on any atom is 0.216 e. The predicted octanol–water partition coefficient (Wildman–Crippen LogP) is 1.76. The van der Waals surface area contributed by atoms with Crippen molar-refractivity contribution in [3.63, 3.8) is 0 Å². The van der Waals surface area contributed by atoms with Crippen LogP contribution in [-0.2, 0) is 9.63 Å². The second-order valence-electron chi connectivity index (χ2n) is 5.54. The molecule has 1 fully saturated rings. The van der Waals surface area contributed by atoms with E-state index in [1.165, 1.54) is 13.0 Å². The summed E-state index contributed by atoms with van der Waals surface area (Å²) in [5.41, 5.74) is 4.92. The number of hydrogen-bond acceptors (Lipinski definition) is 5. The number of thioether (sulfide) groups is 1. The van der Waals surface area contributed by atoms with E-state index in [4.69, 9.17) is 4.84 Å². The molecular formula is C16H20FN3O2S. The number of carbonyl (C=O) groups is 1. The molecular weight excluding hydrogens is 317 g/mol. The fourth-order valence-corrected chi connectivity index (χ4v) is 3.53. The highest BCUT2D eigenvalue weighted by Crippen LogP contribution is 2.27. The molecule has 0 radical (unpaired) electrons. The van der Waals surface area contributed by atoms with E-state index >= 15 is 0 Å². The minimum Gasteiger partial charge on any atom is -0.368 e. The third kappa shape index (κ3) is 3.97. The number of amides is 1. The maximum atomic E-state index is 14.4. The molecule has 1 atom stereocenters. The summed E-state index contributed by atoms with van der Waals surface area (Å²) in [5, 5.41) is 2.69. The van der Waals surface area contributed by atoms with E-state index in [0.29, 0.717) is 12.2 Å². The fraction of sp³-hybridized carbons (Fsp3) is 0.438. The summed E-state index contributed by atoms with van der Waals surface area (Å²) in [6.45, 7) is 3.60. The Labute approximate surface area is 139 Å². The maximum absolute atomic E-state index is 14.4. The van der Waals surface area contributed by atoms with Crippen molar-refractivity contribution in [1.29, 1.82) is 0 Å². The normalized spacial score (nSPS) is 20.9. The molecule has 1 aromatic carbocycles. The van der Waals surface area contributed by atoms with Gasteiger partial charge in [-0.1, -0.05) is 6.07 Å². The van der Waals surface area contributed by atoms with Gasteiger partial charge >= 0.3 is 0 Å². The third-order valence-electron chi connectivity index (χ3n) is 3.84. The first kappa shape index (κ1) is 16.1. The van der Waals surface area contributed by atoms with Gasteiger partial charge in [-0.2, -0.15) is 11.8 Å². The topological polar surface area (TPSA) is 53.6 Å². The first-order chi connectivity index (χ1) is 11.1. The van der Waals surface area contributed by atoms with Gasteiger partial charge in [0.15, 0.2) is 0 Å². The Morgan fingerprint density at radius 3 is 2.96 bits per heavy atom. The van der Waals surface area contributed by atoms with Crippen molar-refractivity contribution in [3.8, 4) is 0 Å². The lowest BCUT2D eigenvalue weighted by Gasteiger charge is -2.29. The smallest absolute Gasteiger partial charge is 0.216 e. The second-order valence-corrected chi connectivity index (χ2v) is 6.77. The largest absolute Gasteiger partial charge is 0.368 e. The molecule has 23 heavy (non-hydrogen) atoms. The van der Waals surface area contributed by atoms with Gasteiger partial charge < -0.3 is 10.2 Å². The van der Waals surface area contributed by atoms with Gasteiger partial charge in [0.25, 0.3) is 0 Å². The van der Waals surface area contributed by atoms with Gasteiger partial charge in [0, 0.05) is 37.1 Å². The first-order valence-corrected chi connectivity index (χ1v) is 8.79. The number of hydroxylamine groups is 1. The van der Waals surface area contributed by atoms with E-state index in [9.17, 15) is 9.18 Å². The highest BCUT2D eigenvalue weighted by Gasteiger charge is 2.20. The van der Waals surface area contributed by atoms with Crippen LogP contribution >= 0.6 is 11.8 Å². The Kier molecular flexibility index (Phi) is 5.07. The summed E-state index contributed by atoms with van der Waals surface area (Å²) >= 11 is 1.90. The van der Waals surface area contributed by atoms with E-state index < -0.39 is 0 Å². The SMILES string of the molecule is CC(=O)NCC1C=C(c2ccc(N3CCSCC3)c(F)c2)NO1. The summed E-state index contributed by atoms with van der Waals surface area (Å²) in [5.74, 6) is 1.74. The molecule has 124 valence electrons. The zero-order valence-electron chi connectivity index (χ0n) is 13.0. The number of hydrogen-bond donors (Lipinski definition) is 2. The van der Waals surface area contributed by atoms with Crippen molar-refractivity contribution in [1.82, 2.24) is 10.8 Å². The summed E-state index contributed by atoms with van der Waals surface area (Å²) in [6.07, 6.45) is 1.60. The van der Waals surface area contributed by atoms with Gasteiger partial charge in [-0.05, 0) is 18.2 Å². The molecule has 2 N–H and O–H groups in total. The van der Waals surface area contributed by atoms with E-state index in [0.717, 1.165) is 35.9 Å². The summed E-state index contributed by atoms with van der Waals surface area (Å²) in [4.78, 5) is 18.4. The van der Waals surface area contributed by atoms with Crippen LogP contribution in [0, 0.1) is 5.82 Å². The summed E-state index contributed by atoms with van der Waals surface area (Å²) < 4.78 is 14.4. The van der Waals surface area contributed by atoms with Crippen LogP contribution in [-0.4, -0.2) is 43.2 Å². The highest BCUT2D eigenvalue weighted by molar-refractivity contribution is 7.99. The third-order valence-corrected chi connectivity index (χ3v) is 4.78. The van der Waals surface area contributed by atoms with Crippen LogP contribution in [0.4, 0.5) is 10.1 Å². The quantitative estimate of drug-likeness (QED) is 0.877. The van der Waals surface area contributed by atoms with E-state index in [-0.39, 0.29) is 17.8 Å². The predicted molar refractivity (Wildman–Crippen MR) is 90.6 cm³/mol. The minimum atomic E-state index is -0.254. The van der Waals surface area contributed by atoms with Crippen LogP contribution < -0.4 is 15.7 Å². The van der Waals surface area contributed by atoms with Crippen molar-refractivity contribution in [2.45, 2.75) is 13.0 Å². The number of rotatable bonds is 4. The van der Waals surface area contributed by atoms with Crippen molar-refractivity contribution in [3.05, 3.63) is 35.7 Å². The zero-order chi connectivity index (χ0) is 16.2. The zero-order valence-corrected chi connectivity index (χ0v) is 13.8.